The van der Waals surface area contributed by atoms with Crippen LogP contribution in [0.15, 0.2) is 11.6 Å². The smallest absolute Gasteiger partial charge is 0.310 e. The quantitative estimate of drug-likeness (QED) is 0.414. The fraction of sp³-hybridized carbons (Fsp3) is 0.900. The summed E-state index contributed by atoms with van der Waals surface area (Å²) in [5.41, 5.74) is 1.46. The molecule has 0 heterocycles. The molecule has 2 N–H and O–H groups in total. The van der Waals surface area contributed by atoms with Gasteiger partial charge in [0.25, 0.3) is 0 Å². The summed E-state index contributed by atoms with van der Waals surface area (Å²) in [6.07, 6.45) is 11.6. The van der Waals surface area contributed by atoms with E-state index in [0.29, 0.717) is 23.7 Å². The second-order valence-corrected chi connectivity index (χ2v) is 14.5. The highest BCUT2D eigenvalue weighted by Gasteiger charge is 2.69. The number of aliphatic carboxylic acids is 1. The van der Waals surface area contributed by atoms with E-state index >= 15 is 0 Å². The standard InChI is InChI=1S/C30H48O3/c1-18-10-15-30(25(32)33)17-16-28(6)20(24(30)19(18)2)8-9-22-27(5)13-12-23(31)26(3,4)21(27)11-14-29(22,28)7/h8,18-19,21-24,31H,9-17H2,1-7H3,(H,32,33)/t18-,19+,21?,22-,23+,24-,27+,28-,29-,30+/m1/s1. The lowest BCUT2D eigenvalue weighted by Gasteiger charge is -2.71. The fourth-order valence-corrected chi connectivity index (χ4v) is 10.8. The Kier molecular flexibility index (Phi) is 5.15. The normalized spacial score (nSPS) is 55.3. The lowest BCUT2D eigenvalue weighted by atomic mass is 9.33. The SMILES string of the molecule is C[C@H]1[C@H](C)CC[C@]2(C(=O)O)CC[C@]3(C)C(=CC[C@@H]4[C@@]5(C)CC[C@H](O)C(C)(C)C5CC[C@]43C)[C@@H]12. The van der Waals surface area contributed by atoms with Crippen LogP contribution >= 0.6 is 0 Å². The lowest BCUT2D eigenvalue weighted by Crippen LogP contribution is -2.65. The molecule has 0 aliphatic heterocycles. The number of carbonyl (C=O) groups is 1. The van der Waals surface area contributed by atoms with E-state index in [4.69, 9.17) is 0 Å². The number of allylic oxidation sites excluding steroid dienone is 2. The predicted octanol–water partition coefficient (Wildman–Crippen LogP) is 7.09. The molecular formula is C30H48O3. The van der Waals surface area contributed by atoms with Crippen molar-refractivity contribution in [2.45, 2.75) is 112 Å². The zero-order valence-corrected chi connectivity index (χ0v) is 22.2. The number of aliphatic hydroxyl groups excluding tert-OH is 1. The number of carboxylic acid groups (broad SMARTS) is 1. The van der Waals surface area contributed by atoms with Crippen molar-refractivity contribution in [1.29, 1.82) is 0 Å². The van der Waals surface area contributed by atoms with Crippen LogP contribution in [0, 0.1) is 56.7 Å². The minimum absolute atomic E-state index is 0.0302. The zero-order valence-electron chi connectivity index (χ0n) is 22.2. The van der Waals surface area contributed by atoms with Gasteiger partial charge in [0.2, 0.25) is 0 Å². The number of rotatable bonds is 1. The molecular weight excluding hydrogens is 408 g/mol. The van der Waals surface area contributed by atoms with Crippen LogP contribution in [0.1, 0.15) is 106 Å². The van der Waals surface area contributed by atoms with E-state index in [0.717, 1.165) is 44.9 Å². The van der Waals surface area contributed by atoms with Crippen molar-refractivity contribution in [3.05, 3.63) is 11.6 Å². The van der Waals surface area contributed by atoms with Gasteiger partial charge in [-0.05, 0) is 109 Å². The fourth-order valence-electron chi connectivity index (χ4n) is 10.8. The van der Waals surface area contributed by atoms with Crippen molar-refractivity contribution < 1.29 is 15.0 Å². The van der Waals surface area contributed by atoms with Gasteiger partial charge in [0.05, 0.1) is 11.5 Å². The van der Waals surface area contributed by atoms with Crippen LogP contribution in [0.5, 0.6) is 0 Å². The molecule has 33 heavy (non-hydrogen) atoms. The van der Waals surface area contributed by atoms with Gasteiger partial charge in [0.15, 0.2) is 0 Å². The zero-order chi connectivity index (χ0) is 24.2. The van der Waals surface area contributed by atoms with E-state index in [2.05, 4.69) is 54.5 Å². The molecule has 4 fully saturated rings. The van der Waals surface area contributed by atoms with Crippen LogP contribution in [0.2, 0.25) is 0 Å². The third-order valence-electron chi connectivity index (χ3n) is 13.4. The van der Waals surface area contributed by atoms with Crippen molar-refractivity contribution >= 4 is 5.97 Å². The number of aliphatic hydroxyl groups is 1. The number of hydrogen-bond donors (Lipinski definition) is 2. The summed E-state index contributed by atoms with van der Waals surface area (Å²) in [5.74, 6) is 1.82. The van der Waals surface area contributed by atoms with Gasteiger partial charge in [-0.1, -0.05) is 60.1 Å². The van der Waals surface area contributed by atoms with E-state index in [1.807, 2.05) is 0 Å². The molecule has 0 radical (unpaired) electrons. The molecule has 0 saturated heterocycles. The van der Waals surface area contributed by atoms with Gasteiger partial charge in [0.1, 0.15) is 0 Å². The first-order valence-electron chi connectivity index (χ1n) is 13.9. The third-order valence-corrected chi connectivity index (χ3v) is 13.4. The van der Waals surface area contributed by atoms with Crippen LogP contribution < -0.4 is 0 Å². The molecule has 186 valence electrons. The summed E-state index contributed by atoms with van der Waals surface area (Å²) >= 11 is 0. The maximum atomic E-state index is 12.8. The minimum Gasteiger partial charge on any atom is -0.481 e. The highest BCUT2D eigenvalue weighted by molar-refractivity contribution is 5.76. The molecule has 0 spiro atoms. The van der Waals surface area contributed by atoms with Crippen LogP contribution in [0.25, 0.3) is 0 Å². The number of fused-ring (bicyclic) bond motifs is 7. The molecule has 3 heteroatoms. The Balaban J connectivity index is 1.61. The maximum Gasteiger partial charge on any atom is 0.310 e. The molecule has 0 bridgehead atoms. The monoisotopic (exact) mass is 456 g/mol. The first kappa shape index (κ1) is 23.9. The minimum atomic E-state index is -0.557. The summed E-state index contributed by atoms with van der Waals surface area (Å²) in [4.78, 5) is 12.8. The van der Waals surface area contributed by atoms with Crippen molar-refractivity contribution in [2.75, 3.05) is 0 Å². The number of carboxylic acids is 1. The van der Waals surface area contributed by atoms with Crippen LogP contribution in [-0.2, 0) is 4.79 Å². The molecule has 10 atom stereocenters. The summed E-state index contributed by atoms with van der Waals surface area (Å²) in [6, 6.07) is 0. The van der Waals surface area contributed by atoms with Gasteiger partial charge >= 0.3 is 5.97 Å². The summed E-state index contributed by atoms with van der Waals surface area (Å²) < 4.78 is 0. The highest BCUT2D eigenvalue weighted by Crippen LogP contribution is 2.75. The Hall–Kier alpha value is -0.830. The predicted molar refractivity (Wildman–Crippen MR) is 133 cm³/mol. The van der Waals surface area contributed by atoms with E-state index in [1.165, 1.54) is 18.4 Å². The first-order valence-corrected chi connectivity index (χ1v) is 13.9. The average molecular weight is 457 g/mol. The van der Waals surface area contributed by atoms with Crippen molar-refractivity contribution in [3.8, 4) is 0 Å². The Morgan fingerprint density at radius 2 is 1.61 bits per heavy atom. The molecule has 0 aromatic rings. The summed E-state index contributed by atoms with van der Waals surface area (Å²) in [5, 5.41) is 21.4. The highest BCUT2D eigenvalue weighted by atomic mass is 16.4. The van der Waals surface area contributed by atoms with E-state index in [9.17, 15) is 15.0 Å². The molecule has 5 aliphatic rings. The number of hydrogen-bond acceptors (Lipinski definition) is 2. The Labute approximate surface area is 201 Å². The van der Waals surface area contributed by atoms with Crippen molar-refractivity contribution in [3.63, 3.8) is 0 Å². The van der Waals surface area contributed by atoms with Gasteiger partial charge in [-0.25, -0.2) is 0 Å². The molecule has 4 saturated carbocycles. The summed E-state index contributed by atoms with van der Waals surface area (Å²) in [7, 11) is 0. The van der Waals surface area contributed by atoms with Crippen molar-refractivity contribution in [2.24, 2.45) is 56.7 Å². The topological polar surface area (TPSA) is 57.5 Å². The Morgan fingerprint density at radius 1 is 0.909 bits per heavy atom. The maximum absolute atomic E-state index is 12.8. The van der Waals surface area contributed by atoms with Gasteiger partial charge < -0.3 is 10.2 Å². The molecule has 0 aromatic carbocycles. The van der Waals surface area contributed by atoms with Gasteiger partial charge in [-0.3, -0.25) is 4.79 Å². The average Bonchev–Trinajstić information content (AvgIpc) is 2.74. The van der Waals surface area contributed by atoms with Crippen LogP contribution in [-0.4, -0.2) is 22.3 Å². The largest absolute Gasteiger partial charge is 0.481 e. The lowest BCUT2D eigenvalue weighted by molar-refractivity contribution is -0.206. The molecule has 0 aromatic heterocycles. The second kappa shape index (κ2) is 7.11. The second-order valence-electron chi connectivity index (χ2n) is 14.5. The van der Waals surface area contributed by atoms with Crippen LogP contribution in [0.3, 0.4) is 0 Å². The van der Waals surface area contributed by atoms with Gasteiger partial charge in [0, 0.05) is 0 Å². The Morgan fingerprint density at radius 3 is 2.27 bits per heavy atom. The Bertz CT molecular complexity index is 874. The molecule has 1 unspecified atom stereocenters. The van der Waals surface area contributed by atoms with Crippen LogP contribution in [0.4, 0.5) is 0 Å². The van der Waals surface area contributed by atoms with Gasteiger partial charge in [-0.2, -0.15) is 0 Å². The molecule has 5 aliphatic carbocycles. The third kappa shape index (κ3) is 2.75. The molecule has 3 nitrogen and oxygen atoms in total. The van der Waals surface area contributed by atoms with E-state index in [1.54, 1.807) is 0 Å². The van der Waals surface area contributed by atoms with Crippen molar-refractivity contribution in [1.82, 2.24) is 0 Å². The summed E-state index contributed by atoms with van der Waals surface area (Å²) in [6.45, 7) is 17.0. The van der Waals surface area contributed by atoms with E-state index in [-0.39, 0.29) is 33.7 Å². The van der Waals surface area contributed by atoms with E-state index < -0.39 is 11.4 Å². The van der Waals surface area contributed by atoms with Gasteiger partial charge in [-0.15, -0.1) is 0 Å². The molecule has 0 amide bonds. The molecule has 5 rings (SSSR count). The first-order chi connectivity index (χ1) is 15.3.